The van der Waals surface area contributed by atoms with Crippen LogP contribution < -0.4 is 0 Å². The minimum absolute atomic E-state index is 0.176. The molecular formula is C14H22O6. The molecule has 0 aliphatic rings. The van der Waals surface area contributed by atoms with Gasteiger partial charge in [0, 0.05) is 16.7 Å². The SMILES string of the molecule is C=C(C)C(=O)O.C=C(C)C(=O)O.CCC=C(C)C(=O)O. The fraction of sp³-hybridized carbons (Fsp3) is 0.357. The Bertz CT molecular complexity index is 356. The Morgan fingerprint density at radius 3 is 1.15 bits per heavy atom. The van der Waals surface area contributed by atoms with E-state index in [9.17, 15) is 14.4 Å². The van der Waals surface area contributed by atoms with Crippen molar-refractivity contribution >= 4 is 17.9 Å². The van der Waals surface area contributed by atoms with Crippen LogP contribution in [0.25, 0.3) is 0 Å². The second-order valence-electron chi connectivity index (χ2n) is 3.77. The third-order valence-corrected chi connectivity index (χ3v) is 1.58. The van der Waals surface area contributed by atoms with Gasteiger partial charge in [0.15, 0.2) is 0 Å². The summed E-state index contributed by atoms with van der Waals surface area (Å²) >= 11 is 0. The van der Waals surface area contributed by atoms with Crippen molar-refractivity contribution in [3.05, 3.63) is 36.0 Å². The topological polar surface area (TPSA) is 112 Å². The number of aliphatic carboxylic acids is 3. The van der Waals surface area contributed by atoms with Crippen LogP contribution in [0.2, 0.25) is 0 Å². The molecule has 0 aromatic carbocycles. The normalized spacial score (nSPS) is 9.10. The van der Waals surface area contributed by atoms with Crippen molar-refractivity contribution in [3.63, 3.8) is 0 Å². The van der Waals surface area contributed by atoms with Crippen molar-refractivity contribution < 1.29 is 29.7 Å². The molecule has 0 aromatic rings. The maximum atomic E-state index is 10.0. The molecule has 0 bridgehead atoms. The van der Waals surface area contributed by atoms with Crippen LogP contribution >= 0.6 is 0 Å². The zero-order chi connectivity index (χ0) is 16.9. The number of allylic oxidation sites excluding steroid dienone is 1. The molecule has 0 aliphatic heterocycles. The molecule has 0 aromatic heterocycles. The van der Waals surface area contributed by atoms with Crippen molar-refractivity contribution in [1.82, 2.24) is 0 Å². The van der Waals surface area contributed by atoms with E-state index in [2.05, 4.69) is 13.2 Å². The molecule has 0 saturated heterocycles. The molecule has 3 N–H and O–H groups in total. The lowest BCUT2D eigenvalue weighted by Gasteiger charge is -1.87. The van der Waals surface area contributed by atoms with Crippen LogP contribution in [0.5, 0.6) is 0 Å². The van der Waals surface area contributed by atoms with Crippen molar-refractivity contribution in [3.8, 4) is 0 Å². The highest BCUT2D eigenvalue weighted by atomic mass is 16.4. The van der Waals surface area contributed by atoms with Crippen molar-refractivity contribution in [2.75, 3.05) is 0 Å². The summed E-state index contributed by atoms with van der Waals surface area (Å²) in [5.41, 5.74) is 0.775. The van der Waals surface area contributed by atoms with E-state index in [1.807, 2.05) is 6.92 Å². The van der Waals surface area contributed by atoms with E-state index in [4.69, 9.17) is 15.3 Å². The summed E-state index contributed by atoms with van der Waals surface area (Å²) in [5, 5.41) is 24.0. The summed E-state index contributed by atoms with van der Waals surface area (Å²) in [6.45, 7) is 12.7. The summed E-state index contributed by atoms with van der Waals surface area (Å²) in [6.07, 6.45) is 2.47. The Morgan fingerprint density at radius 1 is 0.850 bits per heavy atom. The molecule has 6 nitrogen and oxygen atoms in total. The van der Waals surface area contributed by atoms with Gasteiger partial charge in [0.2, 0.25) is 0 Å². The number of carboxylic acid groups (broad SMARTS) is 3. The first kappa shape index (κ1) is 22.8. The molecule has 20 heavy (non-hydrogen) atoms. The molecule has 0 rings (SSSR count). The Morgan fingerprint density at radius 2 is 1.10 bits per heavy atom. The molecule has 0 aliphatic carbocycles. The largest absolute Gasteiger partial charge is 0.478 e. The summed E-state index contributed by atoms with van der Waals surface area (Å²) in [6, 6.07) is 0. The average Bonchev–Trinajstić information content (AvgIpc) is 2.30. The third kappa shape index (κ3) is 21.0. The van der Waals surface area contributed by atoms with E-state index in [-0.39, 0.29) is 11.1 Å². The Labute approximate surface area is 118 Å². The minimum atomic E-state index is -0.935. The number of hydrogen-bond donors (Lipinski definition) is 3. The first-order valence-electron chi connectivity index (χ1n) is 5.64. The number of rotatable bonds is 4. The molecule has 0 fully saturated rings. The van der Waals surface area contributed by atoms with Gasteiger partial charge in [0.1, 0.15) is 0 Å². The highest BCUT2D eigenvalue weighted by Crippen LogP contribution is 1.92. The number of hydrogen-bond acceptors (Lipinski definition) is 3. The maximum absolute atomic E-state index is 10.0. The molecule has 114 valence electrons. The zero-order valence-electron chi connectivity index (χ0n) is 12.3. The van der Waals surface area contributed by atoms with Gasteiger partial charge in [-0.1, -0.05) is 26.2 Å². The van der Waals surface area contributed by atoms with Crippen LogP contribution in [0.4, 0.5) is 0 Å². The fourth-order valence-corrected chi connectivity index (χ4v) is 0.393. The van der Waals surface area contributed by atoms with Crippen LogP contribution in [0.15, 0.2) is 36.0 Å². The molecule has 6 heteroatoms. The van der Waals surface area contributed by atoms with Gasteiger partial charge in [0.25, 0.3) is 0 Å². The molecule has 0 spiro atoms. The predicted octanol–water partition coefficient (Wildman–Crippen LogP) is 2.72. The third-order valence-electron chi connectivity index (χ3n) is 1.58. The van der Waals surface area contributed by atoms with Crippen LogP contribution in [0, 0.1) is 0 Å². The minimum Gasteiger partial charge on any atom is -0.478 e. The van der Waals surface area contributed by atoms with Crippen LogP contribution in [0.1, 0.15) is 34.1 Å². The lowest BCUT2D eigenvalue weighted by molar-refractivity contribution is -0.133. The zero-order valence-corrected chi connectivity index (χ0v) is 12.3. The fourth-order valence-electron chi connectivity index (χ4n) is 0.393. The highest BCUT2D eigenvalue weighted by molar-refractivity contribution is 5.85. The monoisotopic (exact) mass is 286 g/mol. The second-order valence-corrected chi connectivity index (χ2v) is 3.77. The van der Waals surface area contributed by atoms with Gasteiger partial charge in [-0.05, 0) is 27.2 Å². The van der Waals surface area contributed by atoms with Gasteiger partial charge in [0.05, 0.1) is 0 Å². The van der Waals surface area contributed by atoms with Crippen LogP contribution in [0.3, 0.4) is 0 Å². The quantitative estimate of drug-likeness (QED) is 0.685. The molecular weight excluding hydrogens is 264 g/mol. The van der Waals surface area contributed by atoms with E-state index in [0.29, 0.717) is 5.57 Å². The first-order valence-corrected chi connectivity index (χ1v) is 5.64. The molecule has 0 saturated carbocycles. The van der Waals surface area contributed by atoms with E-state index in [1.165, 1.54) is 13.8 Å². The van der Waals surface area contributed by atoms with Crippen LogP contribution in [-0.4, -0.2) is 33.2 Å². The lowest BCUT2D eigenvalue weighted by atomic mass is 10.2. The Hall–Kier alpha value is -2.37. The molecule has 0 amide bonds. The Kier molecular flexibility index (Phi) is 14.9. The molecule has 0 unspecified atom stereocenters. The van der Waals surface area contributed by atoms with Gasteiger partial charge in [-0.2, -0.15) is 0 Å². The van der Waals surface area contributed by atoms with Gasteiger partial charge in [-0.15, -0.1) is 0 Å². The molecule has 0 atom stereocenters. The summed E-state index contributed by atoms with van der Waals surface area (Å²) in [5.74, 6) is -2.70. The van der Waals surface area contributed by atoms with E-state index in [1.54, 1.807) is 13.0 Å². The lowest BCUT2D eigenvalue weighted by Crippen LogP contribution is -1.94. The van der Waals surface area contributed by atoms with Gasteiger partial charge < -0.3 is 15.3 Å². The standard InChI is InChI=1S/C6H10O2.2C4H6O2/c1-3-4-5(2)6(7)8;2*1-3(2)4(5)6/h4H,3H2,1-2H3,(H,7,8);2*1H2,2H3,(H,5,6). The van der Waals surface area contributed by atoms with E-state index >= 15 is 0 Å². The molecule has 0 radical (unpaired) electrons. The summed E-state index contributed by atoms with van der Waals surface area (Å²) in [7, 11) is 0. The maximum Gasteiger partial charge on any atom is 0.330 e. The van der Waals surface area contributed by atoms with Gasteiger partial charge in [-0.3, -0.25) is 0 Å². The summed E-state index contributed by atoms with van der Waals surface area (Å²) in [4.78, 5) is 29.2. The highest BCUT2D eigenvalue weighted by Gasteiger charge is 1.95. The average molecular weight is 286 g/mol. The number of carboxylic acids is 3. The van der Waals surface area contributed by atoms with Crippen molar-refractivity contribution in [1.29, 1.82) is 0 Å². The predicted molar refractivity (Wildman–Crippen MR) is 76.6 cm³/mol. The van der Waals surface area contributed by atoms with Gasteiger partial charge >= 0.3 is 17.9 Å². The Balaban J connectivity index is -0.000000221. The number of carbonyl (C=O) groups is 3. The first-order chi connectivity index (χ1) is 8.97. The van der Waals surface area contributed by atoms with Gasteiger partial charge in [-0.25, -0.2) is 14.4 Å². The van der Waals surface area contributed by atoms with Crippen LogP contribution in [-0.2, 0) is 14.4 Å². The van der Waals surface area contributed by atoms with Crippen molar-refractivity contribution in [2.24, 2.45) is 0 Å². The van der Waals surface area contributed by atoms with E-state index in [0.717, 1.165) is 6.42 Å². The van der Waals surface area contributed by atoms with E-state index < -0.39 is 17.9 Å². The second kappa shape index (κ2) is 13.1. The molecule has 0 heterocycles. The smallest absolute Gasteiger partial charge is 0.330 e. The van der Waals surface area contributed by atoms with Crippen molar-refractivity contribution in [2.45, 2.75) is 34.1 Å². The summed E-state index contributed by atoms with van der Waals surface area (Å²) < 4.78 is 0.